The van der Waals surface area contributed by atoms with Crippen molar-refractivity contribution >= 4 is 17.3 Å². The average Bonchev–Trinajstić information content (AvgIpc) is 3.47. The number of rotatable bonds is 8. The van der Waals surface area contributed by atoms with Gasteiger partial charge in [-0.15, -0.1) is 0 Å². The van der Waals surface area contributed by atoms with Crippen LogP contribution in [0.25, 0.3) is 5.57 Å². The molecule has 1 aliphatic heterocycles. The van der Waals surface area contributed by atoms with E-state index in [2.05, 4.69) is 30.3 Å². The fourth-order valence-electron chi connectivity index (χ4n) is 6.10. The molecule has 3 aliphatic rings. The van der Waals surface area contributed by atoms with Gasteiger partial charge < -0.3 is 9.47 Å². The summed E-state index contributed by atoms with van der Waals surface area (Å²) in [5.74, 6) is 1.71. The maximum atomic E-state index is 12.9. The molecule has 0 radical (unpaired) electrons. The number of hydrogen-bond donors (Lipinski definition) is 0. The van der Waals surface area contributed by atoms with E-state index in [1.807, 2.05) is 26.0 Å². The summed E-state index contributed by atoms with van der Waals surface area (Å²) in [5.41, 5.74) is 4.36. The number of carbonyl (C=O) groups is 2. The Kier molecular flexibility index (Phi) is 6.82. The van der Waals surface area contributed by atoms with Crippen LogP contribution in [0, 0.1) is 5.92 Å². The van der Waals surface area contributed by atoms with Gasteiger partial charge in [0.15, 0.2) is 5.78 Å². The highest BCUT2D eigenvalue weighted by atomic mass is 16.5. The van der Waals surface area contributed by atoms with Gasteiger partial charge in [-0.2, -0.15) is 0 Å². The second-order valence-corrected chi connectivity index (χ2v) is 10.9. The number of esters is 1. The molecule has 184 valence electrons. The molecule has 0 aromatic heterocycles. The first-order valence-electron chi connectivity index (χ1n) is 13.3. The molecule has 2 aromatic rings. The highest BCUT2D eigenvalue weighted by Gasteiger charge is 2.43. The molecule has 35 heavy (non-hydrogen) atoms. The van der Waals surface area contributed by atoms with Crippen molar-refractivity contribution in [2.75, 3.05) is 0 Å². The van der Waals surface area contributed by atoms with Gasteiger partial charge in [-0.05, 0) is 93.5 Å². The zero-order valence-corrected chi connectivity index (χ0v) is 21.0. The van der Waals surface area contributed by atoms with Gasteiger partial charge in [-0.25, -0.2) is 0 Å². The zero-order valence-electron chi connectivity index (χ0n) is 21.0. The van der Waals surface area contributed by atoms with Crippen LogP contribution in [-0.4, -0.2) is 17.4 Å². The van der Waals surface area contributed by atoms with Crippen LogP contribution in [0.1, 0.15) is 88.3 Å². The number of allylic oxidation sites excluding steroid dienone is 1. The van der Waals surface area contributed by atoms with E-state index in [-0.39, 0.29) is 11.8 Å². The fourth-order valence-corrected chi connectivity index (χ4v) is 6.10. The molecule has 2 aliphatic carbocycles. The van der Waals surface area contributed by atoms with Crippen LogP contribution in [0.2, 0.25) is 0 Å². The van der Waals surface area contributed by atoms with Crippen molar-refractivity contribution in [1.82, 2.24) is 0 Å². The second kappa shape index (κ2) is 10.0. The SMILES string of the molecule is CC1(C)Oc2cc(CCCCc3ccccc3)cc(OC(=O)CC3CCCC3)c2C2=C1C(=O)CC2. The molecule has 0 amide bonds. The first-order valence-corrected chi connectivity index (χ1v) is 13.3. The fraction of sp³-hybridized carbons (Fsp3) is 0.484. The molecule has 1 fully saturated rings. The van der Waals surface area contributed by atoms with E-state index in [0.717, 1.165) is 66.5 Å². The molecule has 0 bridgehead atoms. The molecule has 0 N–H and O–H groups in total. The van der Waals surface area contributed by atoms with E-state index >= 15 is 0 Å². The predicted molar refractivity (Wildman–Crippen MR) is 138 cm³/mol. The van der Waals surface area contributed by atoms with E-state index in [9.17, 15) is 9.59 Å². The van der Waals surface area contributed by atoms with Crippen LogP contribution in [0.3, 0.4) is 0 Å². The summed E-state index contributed by atoms with van der Waals surface area (Å²) in [5, 5.41) is 0. The Bertz CT molecular complexity index is 1140. The van der Waals surface area contributed by atoms with Gasteiger partial charge in [-0.3, -0.25) is 9.59 Å². The number of aryl methyl sites for hydroxylation is 2. The number of ketones is 1. The smallest absolute Gasteiger partial charge is 0.311 e. The number of ether oxygens (including phenoxy) is 2. The maximum Gasteiger partial charge on any atom is 0.311 e. The van der Waals surface area contributed by atoms with Crippen LogP contribution >= 0.6 is 0 Å². The zero-order chi connectivity index (χ0) is 24.4. The van der Waals surface area contributed by atoms with Crippen LogP contribution in [-0.2, 0) is 22.4 Å². The summed E-state index contributed by atoms with van der Waals surface area (Å²) in [7, 11) is 0. The third kappa shape index (κ3) is 5.22. The van der Waals surface area contributed by atoms with Crippen LogP contribution < -0.4 is 9.47 Å². The van der Waals surface area contributed by atoms with E-state index in [1.165, 1.54) is 18.4 Å². The Morgan fingerprint density at radius 3 is 2.46 bits per heavy atom. The lowest BCUT2D eigenvalue weighted by atomic mass is 9.86. The van der Waals surface area contributed by atoms with E-state index in [1.54, 1.807) is 0 Å². The minimum absolute atomic E-state index is 0.142. The largest absolute Gasteiger partial charge is 0.482 e. The van der Waals surface area contributed by atoms with Crippen molar-refractivity contribution in [2.24, 2.45) is 5.92 Å². The molecule has 0 atom stereocenters. The monoisotopic (exact) mass is 472 g/mol. The molecule has 0 spiro atoms. The summed E-state index contributed by atoms with van der Waals surface area (Å²) < 4.78 is 12.4. The first kappa shape index (κ1) is 23.8. The summed E-state index contributed by atoms with van der Waals surface area (Å²) in [4.78, 5) is 25.6. The third-order valence-electron chi connectivity index (χ3n) is 7.76. The summed E-state index contributed by atoms with van der Waals surface area (Å²) in [6.45, 7) is 3.93. The summed E-state index contributed by atoms with van der Waals surface area (Å²) in [6, 6.07) is 14.7. The van der Waals surface area contributed by atoms with Crippen LogP contribution in [0.5, 0.6) is 11.5 Å². The molecule has 1 saturated carbocycles. The highest BCUT2D eigenvalue weighted by Crippen LogP contribution is 2.51. The predicted octanol–water partition coefficient (Wildman–Crippen LogP) is 7.03. The van der Waals surface area contributed by atoms with Gasteiger partial charge in [0, 0.05) is 18.4 Å². The Morgan fingerprint density at radius 2 is 1.71 bits per heavy atom. The third-order valence-corrected chi connectivity index (χ3v) is 7.76. The number of hydrogen-bond acceptors (Lipinski definition) is 4. The topological polar surface area (TPSA) is 52.6 Å². The molecule has 2 aromatic carbocycles. The average molecular weight is 473 g/mol. The molecule has 4 nitrogen and oxygen atoms in total. The molecule has 5 rings (SSSR count). The van der Waals surface area contributed by atoms with Crippen molar-refractivity contribution in [3.8, 4) is 11.5 Å². The Morgan fingerprint density at radius 1 is 1.00 bits per heavy atom. The maximum absolute atomic E-state index is 12.9. The second-order valence-electron chi connectivity index (χ2n) is 10.9. The molecule has 1 heterocycles. The number of Topliss-reactive ketones (excluding diaryl/α,β-unsaturated/α-hetero) is 1. The quantitative estimate of drug-likeness (QED) is 0.235. The Hall–Kier alpha value is -2.88. The number of unbranched alkanes of at least 4 members (excludes halogenated alkanes) is 1. The molecular formula is C31H36O4. The number of fused-ring (bicyclic) bond motifs is 2. The van der Waals surface area contributed by atoms with Gasteiger partial charge in [0.1, 0.15) is 17.1 Å². The Balaban J connectivity index is 1.39. The van der Waals surface area contributed by atoms with E-state index in [4.69, 9.17) is 9.47 Å². The minimum atomic E-state index is -0.674. The molecule has 0 unspecified atom stereocenters. The first-order chi connectivity index (χ1) is 16.9. The summed E-state index contributed by atoms with van der Waals surface area (Å²) >= 11 is 0. The number of benzene rings is 2. The van der Waals surface area contributed by atoms with Gasteiger partial charge in [0.25, 0.3) is 0 Å². The van der Waals surface area contributed by atoms with Crippen molar-refractivity contribution in [3.05, 3.63) is 64.7 Å². The van der Waals surface area contributed by atoms with Crippen molar-refractivity contribution in [1.29, 1.82) is 0 Å². The molecule has 4 heteroatoms. The van der Waals surface area contributed by atoms with Gasteiger partial charge in [0.2, 0.25) is 0 Å². The van der Waals surface area contributed by atoms with Gasteiger partial charge in [0.05, 0.1) is 5.56 Å². The van der Waals surface area contributed by atoms with E-state index < -0.39 is 5.60 Å². The van der Waals surface area contributed by atoms with Gasteiger partial charge >= 0.3 is 5.97 Å². The van der Waals surface area contributed by atoms with Crippen molar-refractivity contribution in [3.63, 3.8) is 0 Å². The minimum Gasteiger partial charge on any atom is -0.482 e. The van der Waals surface area contributed by atoms with Crippen LogP contribution in [0.4, 0.5) is 0 Å². The lowest BCUT2D eigenvalue weighted by Crippen LogP contribution is -2.36. The van der Waals surface area contributed by atoms with Crippen LogP contribution in [0.15, 0.2) is 48.0 Å². The standard InChI is InChI=1S/C31H36O4/c1-31(2)30-24(16-17-25(30)32)29-26(34-28(33)20-22-13-7-8-14-22)18-23(19-27(29)35-31)15-9-6-12-21-10-4-3-5-11-21/h3-5,10-11,18-19,22H,6-9,12-17,20H2,1-2H3. The van der Waals surface area contributed by atoms with Crippen molar-refractivity contribution < 1.29 is 19.1 Å². The lowest BCUT2D eigenvalue weighted by molar-refractivity contribution is -0.135. The Labute approximate surface area is 208 Å². The summed E-state index contributed by atoms with van der Waals surface area (Å²) in [6.07, 6.45) is 10.3. The highest BCUT2D eigenvalue weighted by molar-refractivity contribution is 6.10. The normalized spacial score (nSPS) is 18.9. The molecular weight excluding hydrogens is 436 g/mol. The number of carbonyl (C=O) groups excluding carboxylic acids is 2. The van der Waals surface area contributed by atoms with Gasteiger partial charge in [-0.1, -0.05) is 43.2 Å². The lowest BCUT2D eigenvalue weighted by Gasteiger charge is -2.35. The van der Waals surface area contributed by atoms with Crippen molar-refractivity contribution in [2.45, 2.75) is 90.1 Å². The van der Waals surface area contributed by atoms with E-state index in [0.29, 0.717) is 30.9 Å². The molecule has 0 saturated heterocycles.